The summed E-state index contributed by atoms with van der Waals surface area (Å²) in [6.45, 7) is 17.9. The second kappa shape index (κ2) is 8.42. The molecule has 0 radical (unpaired) electrons. The van der Waals surface area contributed by atoms with Crippen LogP contribution < -0.4 is 5.32 Å². The van der Waals surface area contributed by atoms with Gasteiger partial charge < -0.3 is 10.2 Å². The maximum Gasteiger partial charge on any atom is 0.156 e. The predicted octanol–water partition coefficient (Wildman–Crippen LogP) is 3.42. The summed E-state index contributed by atoms with van der Waals surface area (Å²) in [6.07, 6.45) is 1.10. The molecule has 0 aliphatic heterocycles. The van der Waals surface area contributed by atoms with E-state index in [1.165, 1.54) is 0 Å². The number of fused-ring (bicyclic) bond motifs is 1. The summed E-state index contributed by atoms with van der Waals surface area (Å²) in [4.78, 5) is 12.0. The Labute approximate surface area is 145 Å². The van der Waals surface area contributed by atoms with E-state index in [-0.39, 0.29) is 0 Å². The van der Waals surface area contributed by atoms with Crippen LogP contribution in [0.15, 0.2) is 0 Å². The van der Waals surface area contributed by atoms with Gasteiger partial charge in [0.1, 0.15) is 16.9 Å². The van der Waals surface area contributed by atoms with Gasteiger partial charge in [-0.25, -0.2) is 9.97 Å². The third-order valence-corrected chi connectivity index (χ3v) is 4.43. The Balaban J connectivity index is 2.23. The van der Waals surface area contributed by atoms with Crippen molar-refractivity contribution in [1.29, 1.82) is 0 Å². The fourth-order valence-electron chi connectivity index (χ4n) is 2.91. The van der Waals surface area contributed by atoms with Crippen molar-refractivity contribution in [3.05, 3.63) is 11.5 Å². The van der Waals surface area contributed by atoms with Gasteiger partial charge in [0.25, 0.3) is 0 Å². The van der Waals surface area contributed by atoms with Crippen molar-refractivity contribution in [2.75, 3.05) is 31.5 Å². The first-order valence-corrected chi connectivity index (χ1v) is 9.22. The molecule has 2 heterocycles. The Bertz CT molecular complexity index is 657. The predicted molar refractivity (Wildman–Crippen MR) is 101 cm³/mol. The normalized spacial score (nSPS) is 11.8. The highest BCUT2D eigenvalue weighted by atomic mass is 15.3. The highest BCUT2D eigenvalue weighted by molar-refractivity contribution is 5.87. The Morgan fingerprint density at radius 3 is 2.42 bits per heavy atom. The largest absolute Gasteiger partial charge is 0.368 e. The van der Waals surface area contributed by atoms with E-state index in [4.69, 9.17) is 9.97 Å². The number of nitrogens with one attached hydrogen (secondary N) is 1. The van der Waals surface area contributed by atoms with E-state index in [9.17, 15) is 0 Å². The van der Waals surface area contributed by atoms with Crippen molar-refractivity contribution in [3.63, 3.8) is 0 Å². The molecule has 0 bridgehead atoms. The monoisotopic (exact) mass is 332 g/mol. The van der Waals surface area contributed by atoms with E-state index in [1.807, 2.05) is 11.6 Å². The molecule has 0 amide bonds. The Kier molecular flexibility index (Phi) is 6.54. The average molecular weight is 332 g/mol. The van der Waals surface area contributed by atoms with E-state index in [2.05, 4.69) is 49.9 Å². The van der Waals surface area contributed by atoms with E-state index >= 15 is 0 Å². The van der Waals surface area contributed by atoms with Crippen LogP contribution in [0, 0.1) is 6.92 Å². The highest BCUT2D eigenvalue weighted by Crippen LogP contribution is 2.25. The molecule has 134 valence electrons. The van der Waals surface area contributed by atoms with Crippen LogP contribution in [0.3, 0.4) is 0 Å². The molecule has 2 aromatic rings. The van der Waals surface area contributed by atoms with E-state index < -0.39 is 0 Å². The van der Waals surface area contributed by atoms with Crippen LogP contribution >= 0.6 is 0 Å². The lowest BCUT2D eigenvalue weighted by molar-refractivity contribution is 0.303. The van der Waals surface area contributed by atoms with E-state index in [0.717, 1.165) is 67.5 Å². The lowest BCUT2D eigenvalue weighted by atomic mass is 10.2. The summed E-state index contributed by atoms with van der Waals surface area (Å²) in [5, 5.41) is 8.15. The lowest BCUT2D eigenvalue weighted by Gasteiger charge is -2.18. The van der Waals surface area contributed by atoms with Crippen LogP contribution in [0.1, 0.15) is 58.5 Å². The van der Waals surface area contributed by atoms with Gasteiger partial charge in [-0.1, -0.05) is 27.7 Å². The van der Waals surface area contributed by atoms with Crippen molar-refractivity contribution in [3.8, 4) is 0 Å². The van der Waals surface area contributed by atoms with Crippen LogP contribution in [0.2, 0.25) is 0 Å². The molecule has 0 aliphatic rings. The molecule has 0 aromatic carbocycles. The smallest absolute Gasteiger partial charge is 0.156 e. The first-order chi connectivity index (χ1) is 11.5. The standard InChI is InChI=1S/C18H32N6/c1-7-23(8-2)12-10-11-19-18-16-15(14(6)22-24(16)9-3)20-17(21-18)13(4)5/h13H,7-12H2,1-6H3,(H,19,20,21). The van der Waals surface area contributed by atoms with Gasteiger partial charge in [0.15, 0.2) is 5.82 Å². The Morgan fingerprint density at radius 1 is 1.12 bits per heavy atom. The lowest BCUT2D eigenvalue weighted by Crippen LogP contribution is -2.25. The minimum Gasteiger partial charge on any atom is -0.368 e. The van der Waals surface area contributed by atoms with Crippen molar-refractivity contribution in [2.24, 2.45) is 0 Å². The highest BCUT2D eigenvalue weighted by Gasteiger charge is 2.17. The second-order valence-electron chi connectivity index (χ2n) is 6.49. The molecule has 0 atom stereocenters. The van der Waals surface area contributed by atoms with Gasteiger partial charge >= 0.3 is 0 Å². The van der Waals surface area contributed by atoms with Gasteiger partial charge in [-0.2, -0.15) is 5.10 Å². The molecule has 24 heavy (non-hydrogen) atoms. The molecular formula is C18H32N6. The number of rotatable bonds is 9. The van der Waals surface area contributed by atoms with Gasteiger partial charge in [-0.05, 0) is 39.9 Å². The zero-order valence-electron chi connectivity index (χ0n) is 16.1. The summed E-state index contributed by atoms with van der Waals surface area (Å²) in [5.41, 5.74) is 2.98. The van der Waals surface area contributed by atoms with Crippen LogP contribution in [0.25, 0.3) is 11.0 Å². The number of aryl methyl sites for hydroxylation is 2. The van der Waals surface area contributed by atoms with Crippen LogP contribution in [0.5, 0.6) is 0 Å². The summed E-state index contributed by atoms with van der Waals surface area (Å²) >= 11 is 0. The maximum atomic E-state index is 4.78. The van der Waals surface area contributed by atoms with Crippen LogP contribution in [0.4, 0.5) is 5.82 Å². The van der Waals surface area contributed by atoms with Crippen molar-refractivity contribution < 1.29 is 0 Å². The number of anilines is 1. The minimum absolute atomic E-state index is 0.301. The van der Waals surface area contributed by atoms with Crippen molar-refractivity contribution >= 4 is 16.9 Å². The first-order valence-electron chi connectivity index (χ1n) is 9.22. The number of hydrogen-bond donors (Lipinski definition) is 1. The molecule has 6 heteroatoms. The molecule has 0 unspecified atom stereocenters. The summed E-state index contributed by atoms with van der Waals surface area (Å²) in [5.74, 6) is 2.10. The molecule has 0 saturated carbocycles. The van der Waals surface area contributed by atoms with Gasteiger partial charge in [0, 0.05) is 19.0 Å². The number of hydrogen-bond acceptors (Lipinski definition) is 5. The third-order valence-electron chi connectivity index (χ3n) is 4.43. The minimum atomic E-state index is 0.301. The molecule has 6 nitrogen and oxygen atoms in total. The van der Waals surface area contributed by atoms with E-state index in [0.29, 0.717) is 5.92 Å². The molecule has 0 saturated heterocycles. The molecule has 2 rings (SSSR count). The number of aromatic nitrogens is 4. The Morgan fingerprint density at radius 2 is 1.83 bits per heavy atom. The molecular weight excluding hydrogens is 300 g/mol. The van der Waals surface area contributed by atoms with Crippen molar-refractivity contribution in [2.45, 2.75) is 60.4 Å². The average Bonchev–Trinajstić information content (AvgIpc) is 2.91. The molecule has 0 spiro atoms. The summed E-state index contributed by atoms with van der Waals surface area (Å²) in [7, 11) is 0. The van der Waals surface area contributed by atoms with Crippen LogP contribution in [-0.4, -0.2) is 50.8 Å². The first kappa shape index (κ1) is 18.6. The van der Waals surface area contributed by atoms with Gasteiger partial charge in [0.2, 0.25) is 0 Å². The molecule has 1 N–H and O–H groups in total. The van der Waals surface area contributed by atoms with E-state index in [1.54, 1.807) is 0 Å². The Hall–Kier alpha value is -1.69. The van der Waals surface area contributed by atoms with Gasteiger partial charge in [0.05, 0.1) is 5.69 Å². The quantitative estimate of drug-likeness (QED) is 0.713. The zero-order chi connectivity index (χ0) is 17.7. The van der Waals surface area contributed by atoms with Crippen LogP contribution in [-0.2, 0) is 6.54 Å². The summed E-state index contributed by atoms with van der Waals surface area (Å²) < 4.78 is 2.00. The maximum absolute atomic E-state index is 4.78. The zero-order valence-corrected chi connectivity index (χ0v) is 16.1. The van der Waals surface area contributed by atoms with Gasteiger partial charge in [-0.15, -0.1) is 0 Å². The second-order valence-corrected chi connectivity index (χ2v) is 6.49. The molecule has 0 aliphatic carbocycles. The third kappa shape index (κ3) is 4.04. The van der Waals surface area contributed by atoms with Gasteiger partial charge in [-0.3, -0.25) is 4.68 Å². The molecule has 0 fully saturated rings. The fraction of sp³-hybridized carbons (Fsp3) is 0.722. The summed E-state index contributed by atoms with van der Waals surface area (Å²) in [6, 6.07) is 0. The SMILES string of the molecule is CCN(CC)CCCNc1nc(C(C)C)nc2c(C)nn(CC)c12. The topological polar surface area (TPSA) is 58.9 Å². The van der Waals surface area contributed by atoms with Crippen molar-refractivity contribution in [1.82, 2.24) is 24.6 Å². The number of nitrogens with zero attached hydrogens (tertiary/aromatic N) is 5. The fourth-order valence-corrected chi connectivity index (χ4v) is 2.91. The molecule has 2 aromatic heterocycles.